The fourth-order valence-corrected chi connectivity index (χ4v) is 1.44. The van der Waals surface area contributed by atoms with Crippen molar-refractivity contribution in [3.05, 3.63) is 33.9 Å². The van der Waals surface area contributed by atoms with Crippen LogP contribution in [-0.4, -0.2) is 24.0 Å². The van der Waals surface area contributed by atoms with Crippen LogP contribution in [0.1, 0.15) is 31.1 Å². The maximum atomic E-state index is 12.1. The number of nitro benzene ring substituents is 1. The maximum Gasteiger partial charge on any atom is 0.270 e. The van der Waals surface area contributed by atoms with Crippen molar-refractivity contribution in [1.29, 1.82) is 0 Å². The summed E-state index contributed by atoms with van der Waals surface area (Å²) in [6.45, 7) is 5.84. The van der Waals surface area contributed by atoms with E-state index in [9.17, 15) is 14.9 Å². The van der Waals surface area contributed by atoms with Gasteiger partial charge in [0, 0.05) is 18.2 Å². The Morgan fingerprint density at radius 1 is 1.37 bits per heavy atom. The summed E-state index contributed by atoms with van der Waals surface area (Å²) in [6, 6.07) is 3.92. The van der Waals surface area contributed by atoms with Gasteiger partial charge in [0.25, 0.3) is 11.6 Å². The summed E-state index contributed by atoms with van der Waals surface area (Å²) >= 11 is 0. The van der Waals surface area contributed by atoms with Crippen molar-refractivity contribution in [1.82, 2.24) is 5.32 Å². The van der Waals surface area contributed by atoms with E-state index < -0.39 is 4.92 Å². The summed E-state index contributed by atoms with van der Waals surface area (Å²) in [7, 11) is 1.42. The zero-order valence-corrected chi connectivity index (χ0v) is 11.5. The molecule has 0 aromatic heterocycles. The fraction of sp³-hybridized carbons (Fsp3) is 0.462. The van der Waals surface area contributed by atoms with Crippen LogP contribution in [0.2, 0.25) is 0 Å². The molecule has 0 saturated carbocycles. The molecule has 0 bridgehead atoms. The molecule has 19 heavy (non-hydrogen) atoms. The number of carbonyl (C=O) groups is 1. The molecule has 1 N–H and O–H groups in total. The fourth-order valence-electron chi connectivity index (χ4n) is 1.44. The first kappa shape index (κ1) is 14.9. The van der Waals surface area contributed by atoms with E-state index >= 15 is 0 Å². The number of ether oxygens (including phenoxy) is 1. The Kier molecular flexibility index (Phi) is 4.86. The summed E-state index contributed by atoms with van der Waals surface area (Å²) in [5, 5.41) is 13.5. The molecular weight excluding hydrogens is 248 g/mol. The number of methoxy groups -OCH3 is 1. The molecule has 0 radical (unpaired) electrons. The maximum absolute atomic E-state index is 12.1. The predicted octanol–water partition coefficient (Wildman–Crippen LogP) is 2.38. The van der Waals surface area contributed by atoms with Crippen LogP contribution < -0.4 is 10.1 Å². The zero-order valence-electron chi connectivity index (χ0n) is 11.5. The molecule has 0 aliphatic heterocycles. The van der Waals surface area contributed by atoms with Crippen LogP contribution in [0, 0.1) is 16.0 Å². The third kappa shape index (κ3) is 3.67. The SMILES string of the molecule is COc1ccc([N+](=O)[O-])cc1C(=O)NC(C)C(C)C. The van der Waals surface area contributed by atoms with Gasteiger partial charge in [-0.3, -0.25) is 14.9 Å². The average Bonchev–Trinajstić information content (AvgIpc) is 2.37. The highest BCUT2D eigenvalue weighted by molar-refractivity contribution is 5.97. The molecule has 1 unspecified atom stereocenters. The lowest BCUT2D eigenvalue weighted by Crippen LogP contribution is -2.36. The van der Waals surface area contributed by atoms with Crippen LogP contribution in [0.5, 0.6) is 5.75 Å². The second-order valence-corrected chi connectivity index (χ2v) is 4.65. The number of non-ortho nitro benzene ring substituents is 1. The Labute approximate surface area is 111 Å². The highest BCUT2D eigenvalue weighted by Gasteiger charge is 2.19. The monoisotopic (exact) mass is 266 g/mol. The number of nitrogens with one attached hydrogen (secondary N) is 1. The van der Waals surface area contributed by atoms with Crippen LogP contribution in [-0.2, 0) is 0 Å². The van der Waals surface area contributed by atoms with Gasteiger partial charge < -0.3 is 10.1 Å². The Balaban J connectivity index is 3.06. The predicted molar refractivity (Wildman–Crippen MR) is 71.4 cm³/mol. The first-order chi connectivity index (χ1) is 8.86. The Morgan fingerprint density at radius 3 is 2.47 bits per heavy atom. The summed E-state index contributed by atoms with van der Waals surface area (Å²) in [5.41, 5.74) is 0.0346. The Hall–Kier alpha value is -2.11. The molecule has 0 saturated heterocycles. The smallest absolute Gasteiger partial charge is 0.270 e. The number of nitro groups is 1. The van der Waals surface area contributed by atoms with Crippen molar-refractivity contribution in [2.75, 3.05) is 7.11 Å². The molecule has 104 valence electrons. The van der Waals surface area contributed by atoms with Crippen molar-refractivity contribution >= 4 is 11.6 Å². The van der Waals surface area contributed by atoms with Crippen molar-refractivity contribution < 1.29 is 14.5 Å². The number of hydrogen-bond acceptors (Lipinski definition) is 4. The summed E-state index contributed by atoms with van der Waals surface area (Å²) in [5.74, 6) is 0.217. The number of amides is 1. The van der Waals surface area contributed by atoms with Gasteiger partial charge in [0.15, 0.2) is 0 Å². The van der Waals surface area contributed by atoms with Crippen LogP contribution in [0.4, 0.5) is 5.69 Å². The molecule has 0 aliphatic carbocycles. The van der Waals surface area contributed by atoms with Gasteiger partial charge in [-0.05, 0) is 18.9 Å². The molecular formula is C13H18N2O4. The van der Waals surface area contributed by atoms with E-state index in [1.807, 2.05) is 20.8 Å². The third-order valence-corrected chi connectivity index (χ3v) is 3.00. The average molecular weight is 266 g/mol. The van der Waals surface area contributed by atoms with E-state index in [-0.39, 0.29) is 29.1 Å². The van der Waals surface area contributed by atoms with Crippen molar-refractivity contribution in [2.45, 2.75) is 26.8 Å². The summed E-state index contributed by atoms with van der Waals surface area (Å²) < 4.78 is 5.06. The second kappa shape index (κ2) is 6.17. The molecule has 6 nitrogen and oxygen atoms in total. The zero-order chi connectivity index (χ0) is 14.6. The molecule has 0 heterocycles. The van der Waals surface area contributed by atoms with Gasteiger partial charge in [-0.25, -0.2) is 0 Å². The van der Waals surface area contributed by atoms with E-state index in [4.69, 9.17) is 4.74 Å². The molecule has 6 heteroatoms. The summed E-state index contributed by atoms with van der Waals surface area (Å²) in [4.78, 5) is 22.3. The lowest BCUT2D eigenvalue weighted by Gasteiger charge is -2.18. The minimum absolute atomic E-state index is 0.0310. The van der Waals surface area contributed by atoms with Gasteiger partial charge in [-0.1, -0.05) is 13.8 Å². The molecule has 1 rings (SSSR count). The standard InChI is InChI=1S/C13H18N2O4/c1-8(2)9(3)14-13(16)11-7-10(15(17)18)5-6-12(11)19-4/h5-9H,1-4H3,(H,14,16). The largest absolute Gasteiger partial charge is 0.496 e. The number of benzene rings is 1. The van der Waals surface area contributed by atoms with Gasteiger partial charge in [0.05, 0.1) is 17.6 Å². The number of carbonyl (C=O) groups excluding carboxylic acids is 1. The highest BCUT2D eigenvalue weighted by atomic mass is 16.6. The van der Waals surface area contributed by atoms with Crippen LogP contribution in [0.25, 0.3) is 0 Å². The van der Waals surface area contributed by atoms with Gasteiger partial charge >= 0.3 is 0 Å². The molecule has 1 amide bonds. The minimum atomic E-state index is -0.540. The third-order valence-electron chi connectivity index (χ3n) is 3.00. The van der Waals surface area contributed by atoms with Gasteiger partial charge in [0.2, 0.25) is 0 Å². The van der Waals surface area contributed by atoms with Crippen LogP contribution in [0.3, 0.4) is 0 Å². The van der Waals surface area contributed by atoms with Crippen LogP contribution >= 0.6 is 0 Å². The Morgan fingerprint density at radius 2 is 2.00 bits per heavy atom. The van der Waals surface area contributed by atoms with Crippen molar-refractivity contribution in [3.63, 3.8) is 0 Å². The van der Waals surface area contributed by atoms with E-state index in [0.29, 0.717) is 5.75 Å². The van der Waals surface area contributed by atoms with E-state index in [0.717, 1.165) is 0 Å². The minimum Gasteiger partial charge on any atom is -0.496 e. The lowest BCUT2D eigenvalue weighted by atomic mass is 10.1. The highest BCUT2D eigenvalue weighted by Crippen LogP contribution is 2.24. The van der Waals surface area contributed by atoms with Crippen molar-refractivity contribution in [2.24, 2.45) is 5.92 Å². The molecule has 1 aromatic rings. The van der Waals surface area contributed by atoms with E-state index in [1.54, 1.807) is 0 Å². The molecule has 0 spiro atoms. The normalized spacial score (nSPS) is 12.1. The van der Waals surface area contributed by atoms with Gasteiger partial charge in [-0.15, -0.1) is 0 Å². The summed E-state index contributed by atoms with van der Waals surface area (Å²) in [6.07, 6.45) is 0. The first-order valence-electron chi connectivity index (χ1n) is 6.00. The quantitative estimate of drug-likeness (QED) is 0.655. The Bertz CT molecular complexity index is 486. The van der Waals surface area contributed by atoms with Crippen molar-refractivity contribution in [3.8, 4) is 5.75 Å². The molecule has 1 aromatic carbocycles. The molecule has 1 atom stereocenters. The number of nitrogens with zero attached hydrogens (tertiary/aromatic N) is 1. The van der Waals surface area contributed by atoms with E-state index in [1.165, 1.54) is 25.3 Å². The lowest BCUT2D eigenvalue weighted by molar-refractivity contribution is -0.384. The molecule has 0 fully saturated rings. The topological polar surface area (TPSA) is 81.5 Å². The second-order valence-electron chi connectivity index (χ2n) is 4.65. The number of rotatable bonds is 5. The van der Waals surface area contributed by atoms with Gasteiger partial charge in [-0.2, -0.15) is 0 Å². The number of hydrogen-bond donors (Lipinski definition) is 1. The van der Waals surface area contributed by atoms with E-state index in [2.05, 4.69) is 5.32 Å². The van der Waals surface area contributed by atoms with Crippen LogP contribution in [0.15, 0.2) is 18.2 Å². The molecule has 0 aliphatic rings. The first-order valence-corrected chi connectivity index (χ1v) is 6.00. The van der Waals surface area contributed by atoms with Gasteiger partial charge in [0.1, 0.15) is 5.75 Å².